The second-order valence-corrected chi connectivity index (χ2v) is 8.48. The Bertz CT molecular complexity index is 542. The fourth-order valence-electron chi connectivity index (χ4n) is 3.65. The van der Waals surface area contributed by atoms with Gasteiger partial charge in [-0.1, -0.05) is 26.7 Å². The maximum atomic E-state index is 12.6. The lowest BCUT2D eigenvalue weighted by Crippen LogP contribution is -2.57. The van der Waals surface area contributed by atoms with Crippen LogP contribution < -0.4 is 16.0 Å². The molecule has 1 saturated heterocycles. The molecule has 162 valence electrons. The number of nitrogens with one attached hydrogen (secondary N) is 3. The molecule has 1 heterocycles. The molecule has 0 aromatic carbocycles. The van der Waals surface area contributed by atoms with E-state index < -0.39 is 17.7 Å². The van der Waals surface area contributed by atoms with Crippen molar-refractivity contribution in [3.63, 3.8) is 0 Å². The highest BCUT2D eigenvalue weighted by Crippen LogP contribution is 2.25. The van der Waals surface area contributed by atoms with E-state index in [2.05, 4.69) is 29.8 Å². The lowest BCUT2D eigenvalue weighted by Gasteiger charge is -2.32. The van der Waals surface area contributed by atoms with Gasteiger partial charge < -0.3 is 20.1 Å². The highest BCUT2D eigenvalue weighted by atomic mass is 16.6. The first-order chi connectivity index (χ1) is 13.0. The maximum absolute atomic E-state index is 12.6. The van der Waals surface area contributed by atoms with Gasteiger partial charge in [-0.05, 0) is 39.5 Å². The zero-order valence-corrected chi connectivity index (χ0v) is 18.3. The van der Waals surface area contributed by atoms with Crippen molar-refractivity contribution in [2.24, 2.45) is 5.92 Å². The Balaban J connectivity index is 3.05. The van der Waals surface area contributed by atoms with Crippen LogP contribution >= 0.6 is 0 Å². The van der Waals surface area contributed by atoms with Crippen LogP contribution in [0.5, 0.6) is 0 Å². The predicted octanol–water partition coefficient (Wildman–Crippen LogP) is 2.11. The third-order valence-electron chi connectivity index (χ3n) is 5.06. The van der Waals surface area contributed by atoms with Gasteiger partial charge in [0.1, 0.15) is 11.6 Å². The van der Waals surface area contributed by atoms with Crippen molar-refractivity contribution in [2.75, 3.05) is 7.11 Å². The zero-order chi connectivity index (χ0) is 21.5. The Morgan fingerprint density at radius 3 is 2.25 bits per heavy atom. The van der Waals surface area contributed by atoms with Gasteiger partial charge in [0, 0.05) is 19.0 Å². The monoisotopic (exact) mass is 399 g/mol. The van der Waals surface area contributed by atoms with Crippen molar-refractivity contribution in [2.45, 2.75) is 97.0 Å². The number of hydrogen-bond acceptors (Lipinski definition) is 6. The summed E-state index contributed by atoms with van der Waals surface area (Å²) < 4.78 is 10.2. The van der Waals surface area contributed by atoms with Crippen LogP contribution in [0.1, 0.15) is 67.2 Å². The molecule has 1 aliphatic rings. The van der Waals surface area contributed by atoms with Crippen LogP contribution in [0.4, 0.5) is 4.79 Å². The molecule has 0 aliphatic carbocycles. The highest BCUT2D eigenvalue weighted by molar-refractivity contribution is 5.77. The van der Waals surface area contributed by atoms with E-state index in [9.17, 15) is 14.4 Å². The van der Waals surface area contributed by atoms with E-state index in [0.29, 0.717) is 12.3 Å². The minimum Gasteiger partial charge on any atom is -0.459 e. The Kier molecular flexibility index (Phi) is 9.20. The highest BCUT2D eigenvalue weighted by Gasteiger charge is 2.44. The second kappa shape index (κ2) is 10.6. The number of amides is 2. The van der Waals surface area contributed by atoms with E-state index in [0.717, 1.165) is 19.3 Å². The number of esters is 1. The Labute approximate surface area is 168 Å². The van der Waals surface area contributed by atoms with Gasteiger partial charge in [0.2, 0.25) is 5.91 Å². The minimum atomic E-state index is -0.603. The molecule has 4 atom stereocenters. The normalized spacial score (nSPS) is 23.2. The molecule has 1 unspecified atom stereocenters. The van der Waals surface area contributed by atoms with Crippen molar-refractivity contribution in [3.05, 3.63) is 0 Å². The standard InChI is InChI=1S/C20H37N3O5/c1-8-13(9-2)10-14(21-12(3)24)17-15(23-19(26)27-7)11-16(22-17)18(25)28-20(4,5)6/h13-17,22H,8-11H2,1-7H3,(H,21,24)(H,23,26)/t14-,15+,16?,17-/m0/s1. The zero-order valence-electron chi connectivity index (χ0n) is 18.3. The van der Waals surface area contributed by atoms with E-state index in [-0.39, 0.29) is 30.0 Å². The van der Waals surface area contributed by atoms with Gasteiger partial charge in [0.15, 0.2) is 0 Å². The molecule has 2 amide bonds. The summed E-state index contributed by atoms with van der Waals surface area (Å²) in [5.74, 6) is -0.0796. The summed E-state index contributed by atoms with van der Waals surface area (Å²) in [6, 6.07) is -1.46. The summed E-state index contributed by atoms with van der Waals surface area (Å²) in [5.41, 5.74) is -0.603. The van der Waals surface area contributed by atoms with E-state index >= 15 is 0 Å². The van der Waals surface area contributed by atoms with Crippen molar-refractivity contribution in [1.29, 1.82) is 0 Å². The van der Waals surface area contributed by atoms with Gasteiger partial charge in [-0.25, -0.2) is 4.79 Å². The van der Waals surface area contributed by atoms with Gasteiger partial charge in [-0.3, -0.25) is 14.9 Å². The van der Waals surface area contributed by atoms with Crippen LogP contribution in [0.15, 0.2) is 0 Å². The van der Waals surface area contributed by atoms with Gasteiger partial charge in [0.05, 0.1) is 13.2 Å². The van der Waals surface area contributed by atoms with E-state index in [1.165, 1.54) is 14.0 Å². The topological polar surface area (TPSA) is 106 Å². The molecule has 0 aromatic rings. The van der Waals surface area contributed by atoms with Crippen molar-refractivity contribution < 1.29 is 23.9 Å². The Morgan fingerprint density at radius 2 is 1.79 bits per heavy atom. The fraction of sp³-hybridized carbons (Fsp3) is 0.850. The number of alkyl carbamates (subject to hydrolysis) is 1. The number of carbonyl (C=O) groups excluding carboxylic acids is 3. The van der Waals surface area contributed by atoms with Crippen LogP contribution in [-0.4, -0.2) is 54.8 Å². The Hall–Kier alpha value is -1.83. The van der Waals surface area contributed by atoms with Gasteiger partial charge in [-0.15, -0.1) is 0 Å². The number of methoxy groups -OCH3 is 1. The molecule has 0 aromatic heterocycles. The first kappa shape index (κ1) is 24.2. The molecule has 8 heteroatoms. The summed E-state index contributed by atoms with van der Waals surface area (Å²) in [7, 11) is 1.30. The quantitative estimate of drug-likeness (QED) is 0.540. The summed E-state index contributed by atoms with van der Waals surface area (Å²) in [6.45, 7) is 11.2. The summed E-state index contributed by atoms with van der Waals surface area (Å²) in [4.78, 5) is 36.2. The molecule has 0 bridgehead atoms. The predicted molar refractivity (Wildman–Crippen MR) is 107 cm³/mol. The van der Waals surface area contributed by atoms with Crippen LogP contribution in [0.25, 0.3) is 0 Å². The van der Waals surface area contributed by atoms with Gasteiger partial charge in [0.25, 0.3) is 0 Å². The molecule has 28 heavy (non-hydrogen) atoms. The van der Waals surface area contributed by atoms with Crippen molar-refractivity contribution in [1.82, 2.24) is 16.0 Å². The molecular formula is C20H37N3O5. The summed E-state index contributed by atoms with van der Waals surface area (Å²) in [5, 5.41) is 9.10. The molecule has 1 rings (SSSR count). The largest absolute Gasteiger partial charge is 0.459 e. The molecule has 8 nitrogen and oxygen atoms in total. The lowest BCUT2D eigenvalue weighted by molar-refractivity contribution is -0.157. The first-order valence-corrected chi connectivity index (χ1v) is 10.1. The molecule has 1 fully saturated rings. The van der Waals surface area contributed by atoms with E-state index in [4.69, 9.17) is 9.47 Å². The third kappa shape index (κ3) is 7.66. The maximum Gasteiger partial charge on any atom is 0.407 e. The van der Waals surface area contributed by atoms with Crippen LogP contribution in [0.3, 0.4) is 0 Å². The molecule has 0 saturated carbocycles. The van der Waals surface area contributed by atoms with Gasteiger partial charge in [-0.2, -0.15) is 0 Å². The van der Waals surface area contributed by atoms with E-state index in [1.807, 2.05) is 20.8 Å². The van der Waals surface area contributed by atoms with Crippen molar-refractivity contribution >= 4 is 18.0 Å². The summed E-state index contributed by atoms with van der Waals surface area (Å²) in [6.07, 6.45) is 2.54. The van der Waals surface area contributed by atoms with Crippen LogP contribution in [-0.2, 0) is 19.1 Å². The number of rotatable bonds is 8. The number of ether oxygens (including phenoxy) is 2. The number of carbonyl (C=O) groups is 3. The van der Waals surface area contributed by atoms with Crippen LogP contribution in [0, 0.1) is 5.92 Å². The summed E-state index contributed by atoms with van der Waals surface area (Å²) >= 11 is 0. The smallest absolute Gasteiger partial charge is 0.407 e. The fourth-order valence-corrected chi connectivity index (χ4v) is 3.65. The second-order valence-electron chi connectivity index (χ2n) is 8.48. The molecular weight excluding hydrogens is 362 g/mol. The average molecular weight is 400 g/mol. The number of hydrogen-bond donors (Lipinski definition) is 3. The average Bonchev–Trinajstić information content (AvgIpc) is 3.00. The first-order valence-electron chi connectivity index (χ1n) is 10.1. The van der Waals surface area contributed by atoms with Crippen LogP contribution in [0.2, 0.25) is 0 Å². The van der Waals surface area contributed by atoms with Gasteiger partial charge >= 0.3 is 12.1 Å². The Morgan fingerprint density at radius 1 is 1.18 bits per heavy atom. The molecule has 0 radical (unpaired) electrons. The van der Waals surface area contributed by atoms with E-state index in [1.54, 1.807) is 0 Å². The molecule has 0 spiro atoms. The molecule has 1 aliphatic heterocycles. The lowest BCUT2D eigenvalue weighted by atomic mass is 9.89. The SMILES string of the molecule is CCC(CC)C[C@H](NC(C)=O)[C@@H]1NC(C(=O)OC(C)(C)C)C[C@H]1NC(=O)OC. The minimum absolute atomic E-state index is 0.143. The van der Waals surface area contributed by atoms with Crippen molar-refractivity contribution in [3.8, 4) is 0 Å². The third-order valence-corrected chi connectivity index (χ3v) is 5.06. The molecule has 3 N–H and O–H groups in total.